The summed E-state index contributed by atoms with van der Waals surface area (Å²) in [5, 5.41) is 14.9. The fourth-order valence-corrected chi connectivity index (χ4v) is 3.67. The Balaban J connectivity index is 2.46. The van der Waals surface area contributed by atoms with Crippen LogP contribution in [-0.4, -0.2) is 47.1 Å². The third-order valence-electron chi connectivity index (χ3n) is 3.32. The Labute approximate surface area is 105 Å². The van der Waals surface area contributed by atoms with Crippen LogP contribution >= 0.6 is 0 Å². The Morgan fingerprint density at radius 2 is 2.11 bits per heavy atom. The van der Waals surface area contributed by atoms with E-state index in [0.29, 0.717) is 0 Å². The van der Waals surface area contributed by atoms with Crippen molar-refractivity contribution in [2.24, 2.45) is 0 Å². The third kappa shape index (κ3) is 1.91. The molecule has 8 heteroatoms. The van der Waals surface area contributed by atoms with E-state index >= 15 is 0 Å². The van der Waals surface area contributed by atoms with Crippen LogP contribution in [0.2, 0.25) is 0 Å². The third-order valence-corrected chi connectivity index (χ3v) is 5.39. The van der Waals surface area contributed by atoms with Gasteiger partial charge in [0, 0.05) is 13.1 Å². The average molecular weight is 273 g/mol. The van der Waals surface area contributed by atoms with E-state index in [1.54, 1.807) is 0 Å². The van der Waals surface area contributed by atoms with Crippen molar-refractivity contribution in [1.29, 1.82) is 0 Å². The lowest BCUT2D eigenvalue weighted by Crippen LogP contribution is -2.41. The van der Waals surface area contributed by atoms with E-state index in [1.807, 2.05) is 0 Å². The molecule has 100 valence electrons. The first-order valence-corrected chi connectivity index (χ1v) is 7.06. The summed E-state index contributed by atoms with van der Waals surface area (Å²) >= 11 is 0. The molecule has 0 atom stereocenters. The van der Waals surface area contributed by atoms with Crippen molar-refractivity contribution in [3.05, 3.63) is 11.4 Å². The minimum absolute atomic E-state index is 0.0362. The van der Waals surface area contributed by atoms with Crippen LogP contribution in [0.1, 0.15) is 35.4 Å². The summed E-state index contributed by atoms with van der Waals surface area (Å²) in [6.45, 7) is 1.50. The molecular weight excluding hydrogens is 258 g/mol. The maximum atomic E-state index is 12.4. The Morgan fingerprint density at radius 1 is 1.50 bits per heavy atom. The average Bonchev–Trinajstić information content (AvgIpc) is 2.57. The van der Waals surface area contributed by atoms with E-state index < -0.39 is 21.7 Å². The van der Waals surface area contributed by atoms with E-state index in [0.717, 1.165) is 19.3 Å². The van der Waals surface area contributed by atoms with Gasteiger partial charge in [-0.3, -0.25) is 5.10 Å². The number of H-pyrrole nitrogens is 1. The lowest BCUT2D eigenvalue weighted by molar-refractivity contribution is 0.0686. The van der Waals surface area contributed by atoms with Crippen LogP contribution in [0.25, 0.3) is 0 Å². The lowest BCUT2D eigenvalue weighted by Gasteiger charge is -2.33. The smallest absolute Gasteiger partial charge is 0.357 e. The molecule has 0 spiro atoms. The van der Waals surface area contributed by atoms with Gasteiger partial charge in [0.1, 0.15) is 4.90 Å². The SMILES string of the molecule is Cc1[nH]nc(C(=O)O)c1S(=O)(=O)N(C)C1CCC1. The number of rotatable bonds is 4. The highest BCUT2D eigenvalue weighted by Crippen LogP contribution is 2.30. The second-order valence-electron chi connectivity index (χ2n) is 4.44. The maximum absolute atomic E-state index is 12.4. The van der Waals surface area contributed by atoms with Crippen LogP contribution in [0.4, 0.5) is 0 Å². The van der Waals surface area contributed by atoms with Gasteiger partial charge in [-0.15, -0.1) is 0 Å². The predicted octanol–water partition coefficient (Wildman–Crippen LogP) is 0.589. The first-order valence-electron chi connectivity index (χ1n) is 5.62. The molecule has 0 saturated heterocycles. The number of aromatic nitrogens is 2. The molecule has 1 saturated carbocycles. The normalized spacial score (nSPS) is 16.8. The van der Waals surface area contributed by atoms with Gasteiger partial charge in [0.25, 0.3) is 0 Å². The summed E-state index contributed by atoms with van der Waals surface area (Å²) in [5.41, 5.74) is -0.197. The molecule has 0 radical (unpaired) electrons. The number of aryl methyl sites for hydroxylation is 1. The molecule has 1 fully saturated rings. The van der Waals surface area contributed by atoms with E-state index in [2.05, 4.69) is 10.2 Å². The second kappa shape index (κ2) is 4.36. The van der Waals surface area contributed by atoms with Crippen molar-refractivity contribution in [1.82, 2.24) is 14.5 Å². The fourth-order valence-electron chi connectivity index (χ4n) is 1.97. The van der Waals surface area contributed by atoms with E-state index in [9.17, 15) is 13.2 Å². The molecule has 1 heterocycles. The molecule has 0 aromatic carbocycles. The Hall–Kier alpha value is -1.41. The number of aromatic carboxylic acids is 1. The Bertz CT molecular complexity index is 574. The summed E-state index contributed by atoms with van der Waals surface area (Å²) < 4.78 is 26.0. The minimum Gasteiger partial charge on any atom is -0.476 e. The van der Waals surface area contributed by atoms with Gasteiger partial charge in [-0.05, 0) is 19.8 Å². The molecule has 0 bridgehead atoms. The highest BCUT2D eigenvalue weighted by atomic mass is 32.2. The fraction of sp³-hybridized carbons (Fsp3) is 0.600. The van der Waals surface area contributed by atoms with Crippen molar-refractivity contribution in [3.63, 3.8) is 0 Å². The van der Waals surface area contributed by atoms with Crippen LogP contribution in [-0.2, 0) is 10.0 Å². The zero-order valence-corrected chi connectivity index (χ0v) is 11.0. The highest BCUT2D eigenvalue weighted by Gasteiger charge is 2.36. The summed E-state index contributed by atoms with van der Waals surface area (Å²) in [6.07, 6.45) is 2.63. The standard InChI is InChI=1S/C10H15N3O4S/c1-6-9(8(10(14)15)12-11-6)18(16,17)13(2)7-4-3-5-7/h7H,3-5H2,1-2H3,(H,11,12)(H,14,15). The number of aromatic amines is 1. The number of hydrogen-bond donors (Lipinski definition) is 2. The quantitative estimate of drug-likeness (QED) is 0.835. The Morgan fingerprint density at radius 3 is 2.56 bits per heavy atom. The van der Waals surface area contributed by atoms with Crippen molar-refractivity contribution in [3.8, 4) is 0 Å². The number of nitrogens with one attached hydrogen (secondary N) is 1. The van der Waals surface area contributed by atoms with Gasteiger partial charge in [0.2, 0.25) is 10.0 Å². The number of hydrogen-bond acceptors (Lipinski definition) is 4. The first-order chi connectivity index (χ1) is 8.35. The second-order valence-corrected chi connectivity index (χ2v) is 6.37. The molecule has 1 aromatic rings. The van der Waals surface area contributed by atoms with Crippen LogP contribution < -0.4 is 0 Å². The van der Waals surface area contributed by atoms with Gasteiger partial charge >= 0.3 is 5.97 Å². The van der Waals surface area contributed by atoms with Crippen molar-refractivity contribution >= 4 is 16.0 Å². The number of carbonyl (C=O) groups is 1. The summed E-state index contributed by atoms with van der Waals surface area (Å²) in [7, 11) is -2.32. The molecule has 1 aromatic heterocycles. The molecule has 1 aliphatic rings. The zero-order chi connectivity index (χ0) is 13.5. The molecule has 0 amide bonds. The van der Waals surface area contributed by atoms with Crippen molar-refractivity contribution in [2.45, 2.75) is 37.1 Å². The topological polar surface area (TPSA) is 103 Å². The molecule has 1 aliphatic carbocycles. The minimum atomic E-state index is -3.80. The molecule has 18 heavy (non-hydrogen) atoms. The first kappa shape index (κ1) is 13.0. The van der Waals surface area contributed by atoms with Gasteiger partial charge in [-0.1, -0.05) is 6.42 Å². The van der Waals surface area contributed by atoms with Crippen LogP contribution in [0.15, 0.2) is 4.90 Å². The van der Waals surface area contributed by atoms with Gasteiger partial charge in [-0.2, -0.15) is 9.40 Å². The number of sulfonamides is 1. The van der Waals surface area contributed by atoms with Crippen LogP contribution in [0.5, 0.6) is 0 Å². The van der Waals surface area contributed by atoms with Gasteiger partial charge in [-0.25, -0.2) is 13.2 Å². The van der Waals surface area contributed by atoms with Crippen molar-refractivity contribution in [2.75, 3.05) is 7.05 Å². The Kier molecular flexibility index (Phi) is 3.16. The number of nitrogens with zero attached hydrogens (tertiary/aromatic N) is 2. The van der Waals surface area contributed by atoms with E-state index in [1.165, 1.54) is 18.3 Å². The van der Waals surface area contributed by atoms with E-state index in [4.69, 9.17) is 5.11 Å². The summed E-state index contributed by atoms with van der Waals surface area (Å²) in [5.74, 6) is -1.35. The van der Waals surface area contributed by atoms with Gasteiger partial charge in [0.05, 0.1) is 5.69 Å². The zero-order valence-electron chi connectivity index (χ0n) is 10.2. The summed E-state index contributed by atoms with van der Waals surface area (Å²) in [6, 6.07) is -0.0362. The molecule has 2 rings (SSSR count). The van der Waals surface area contributed by atoms with Gasteiger partial charge < -0.3 is 5.11 Å². The molecular formula is C10H15N3O4S. The number of carboxylic acid groups (broad SMARTS) is 1. The lowest BCUT2D eigenvalue weighted by atomic mass is 9.94. The molecule has 0 aliphatic heterocycles. The predicted molar refractivity (Wildman–Crippen MR) is 62.9 cm³/mol. The molecule has 0 unspecified atom stereocenters. The maximum Gasteiger partial charge on any atom is 0.357 e. The van der Waals surface area contributed by atoms with Crippen LogP contribution in [0.3, 0.4) is 0 Å². The van der Waals surface area contributed by atoms with E-state index in [-0.39, 0.29) is 16.6 Å². The monoisotopic (exact) mass is 273 g/mol. The van der Waals surface area contributed by atoms with Crippen LogP contribution in [0, 0.1) is 6.92 Å². The van der Waals surface area contributed by atoms with Gasteiger partial charge in [0.15, 0.2) is 5.69 Å². The summed E-state index contributed by atoms with van der Waals surface area (Å²) in [4.78, 5) is 10.8. The molecule has 2 N–H and O–H groups in total. The van der Waals surface area contributed by atoms with Crippen molar-refractivity contribution < 1.29 is 18.3 Å². The molecule has 7 nitrogen and oxygen atoms in total. The largest absolute Gasteiger partial charge is 0.476 e. The number of carboxylic acids is 1. The highest BCUT2D eigenvalue weighted by molar-refractivity contribution is 7.89.